The van der Waals surface area contributed by atoms with E-state index in [0.717, 1.165) is 15.4 Å². The van der Waals surface area contributed by atoms with Gasteiger partial charge in [0, 0.05) is 38.0 Å². The van der Waals surface area contributed by atoms with E-state index in [0.29, 0.717) is 40.9 Å². The van der Waals surface area contributed by atoms with Gasteiger partial charge in [-0.15, -0.1) is 22.7 Å². The van der Waals surface area contributed by atoms with Crippen molar-refractivity contribution >= 4 is 45.5 Å². The maximum Gasteiger partial charge on any atom is 0.427 e. The standard InChI is InChI=1S/C18H16F3N7OS2/c1-27(7-12-16(18(19,20)21)30-9-22-12)24-6-11-13(8-29)28(2)17-15(11)31-14(25-17)5-10-3-4-23-26-10/h3-4,6,8-9H,5,7H2,1-2H3,(H,23,26)/b24-6-. The summed E-state index contributed by atoms with van der Waals surface area (Å²) in [4.78, 5) is 19.3. The van der Waals surface area contributed by atoms with Gasteiger partial charge in [0.05, 0.1) is 34.4 Å². The number of nitrogens with zero attached hydrogens (tertiary/aromatic N) is 6. The quantitative estimate of drug-likeness (QED) is 0.254. The third-order valence-electron chi connectivity index (χ3n) is 4.53. The van der Waals surface area contributed by atoms with Gasteiger partial charge in [0.25, 0.3) is 0 Å². The van der Waals surface area contributed by atoms with Gasteiger partial charge in [-0.3, -0.25) is 14.9 Å². The Bertz CT molecular complexity index is 1240. The smallest absolute Gasteiger partial charge is 0.325 e. The zero-order valence-electron chi connectivity index (χ0n) is 16.3. The summed E-state index contributed by atoms with van der Waals surface area (Å²) < 4.78 is 41.6. The molecule has 0 unspecified atom stereocenters. The van der Waals surface area contributed by atoms with Crippen molar-refractivity contribution in [2.75, 3.05) is 7.05 Å². The van der Waals surface area contributed by atoms with Gasteiger partial charge >= 0.3 is 6.18 Å². The van der Waals surface area contributed by atoms with E-state index in [4.69, 9.17) is 0 Å². The van der Waals surface area contributed by atoms with Crippen molar-refractivity contribution in [3.05, 3.63) is 50.3 Å². The number of H-pyrrole nitrogens is 1. The second-order valence-corrected chi connectivity index (χ2v) is 8.62. The molecule has 13 heteroatoms. The number of alkyl halides is 3. The first-order chi connectivity index (χ1) is 14.8. The predicted molar refractivity (Wildman–Crippen MR) is 112 cm³/mol. The lowest BCUT2D eigenvalue weighted by Crippen LogP contribution is -2.15. The minimum atomic E-state index is -4.45. The van der Waals surface area contributed by atoms with Crippen LogP contribution < -0.4 is 0 Å². The molecule has 4 aromatic rings. The maximum absolute atomic E-state index is 13.1. The van der Waals surface area contributed by atoms with E-state index >= 15 is 0 Å². The first-order valence-corrected chi connectivity index (χ1v) is 10.6. The zero-order valence-corrected chi connectivity index (χ0v) is 18.0. The lowest BCUT2D eigenvalue weighted by molar-refractivity contribution is -0.135. The molecule has 8 nitrogen and oxygen atoms in total. The number of carbonyl (C=O) groups is 1. The molecule has 0 radical (unpaired) electrons. The number of rotatable bonds is 7. The average Bonchev–Trinajstić information content (AvgIpc) is 3.47. The second-order valence-electron chi connectivity index (χ2n) is 6.68. The highest BCUT2D eigenvalue weighted by atomic mass is 32.1. The molecule has 0 aliphatic rings. The van der Waals surface area contributed by atoms with Gasteiger partial charge in [-0.2, -0.15) is 23.4 Å². The Kier molecular flexibility index (Phi) is 5.62. The molecule has 4 aromatic heterocycles. The molecule has 0 bridgehead atoms. The van der Waals surface area contributed by atoms with Crippen molar-refractivity contribution in [3.63, 3.8) is 0 Å². The molecule has 4 heterocycles. The fourth-order valence-corrected chi connectivity index (χ4v) is 4.89. The molecule has 162 valence electrons. The van der Waals surface area contributed by atoms with Gasteiger partial charge in [0.15, 0.2) is 11.9 Å². The van der Waals surface area contributed by atoms with Crippen LogP contribution >= 0.6 is 22.7 Å². The van der Waals surface area contributed by atoms with Crippen LogP contribution in [0.1, 0.15) is 37.3 Å². The summed E-state index contributed by atoms with van der Waals surface area (Å²) in [6.07, 6.45) is -0.0364. The molecule has 0 amide bonds. The maximum atomic E-state index is 13.1. The number of aromatic amines is 1. The first kappa shape index (κ1) is 21.2. The van der Waals surface area contributed by atoms with Crippen LogP contribution in [-0.4, -0.2) is 49.3 Å². The summed E-state index contributed by atoms with van der Waals surface area (Å²) in [5.74, 6) is 0. The Hall–Kier alpha value is -3.06. The number of hydrazone groups is 1. The summed E-state index contributed by atoms with van der Waals surface area (Å²) in [7, 11) is 3.28. The molecule has 0 aliphatic heterocycles. The molecule has 0 atom stereocenters. The summed E-state index contributed by atoms with van der Waals surface area (Å²) in [6, 6.07) is 1.86. The average molecular weight is 468 g/mol. The SMILES string of the molecule is CN(Cc1ncsc1C(F)(F)F)/N=C\c1c(C=O)n(C)c2nc(Cc3ccn[nH]3)sc12. The first-order valence-electron chi connectivity index (χ1n) is 8.94. The minimum absolute atomic E-state index is 0.0920. The van der Waals surface area contributed by atoms with Crippen LogP contribution in [0.2, 0.25) is 0 Å². The highest BCUT2D eigenvalue weighted by Crippen LogP contribution is 2.35. The van der Waals surface area contributed by atoms with Gasteiger partial charge in [-0.25, -0.2) is 9.97 Å². The van der Waals surface area contributed by atoms with Gasteiger partial charge in [-0.1, -0.05) is 0 Å². The molecule has 31 heavy (non-hydrogen) atoms. The van der Waals surface area contributed by atoms with Crippen LogP contribution in [0.25, 0.3) is 10.3 Å². The minimum Gasteiger partial charge on any atom is -0.325 e. The van der Waals surface area contributed by atoms with Crippen molar-refractivity contribution in [1.29, 1.82) is 0 Å². The van der Waals surface area contributed by atoms with Crippen molar-refractivity contribution < 1.29 is 18.0 Å². The van der Waals surface area contributed by atoms with Crippen LogP contribution in [0.5, 0.6) is 0 Å². The van der Waals surface area contributed by atoms with Gasteiger partial charge in [0.2, 0.25) is 0 Å². The van der Waals surface area contributed by atoms with Crippen LogP contribution in [0.15, 0.2) is 22.9 Å². The van der Waals surface area contributed by atoms with E-state index in [9.17, 15) is 18.0 Å². The lowest BCUT2D eigenvalue weighted by Gasteiger charge is -2.13. The Balaban J connectivity index is 1.61. The fourth-order valence-electron chi connectivity index (χ4n) is 3.08. The van der Waals surface area contributed by atoms with Crippen molar-refractivity contribution in [1.82, 2.24) is 29.7 Å². The Labute approximate surface area is 182 Å². The van der Waals surface area contributed by atoms with E-state index in [2.05, 4.69) is 25.3 Å². The Morgan fingerprint density at radius 2 is 2.19 bits per heavy atom. The van der Waals surface area contributed by atoms with Crippen LogP contribution in [-0.2, 0) is 26.2 Å². The molecule has 1 N–H and O–H groups in total. The summed E-state index contributed by atoms with van der Waals surface area (Å²) in [6.45, 7) is -0.116. The Morgan fingerprint density at radius 3 is 2.87 bits per heavy atom. The summed E-state index contributed by atoms with van der Waals surface area (Å²) in [5.41, 5.74) is 3.59. The molecular weight excluding hydrogens is 451 g/mol. The second kappa shape index (κ2) is 8.23. The van der Waals surface area contributed by atoms with E-state index in [1.54, 1.807) is 24.9 Å². The van der Waals surface area contributed by atoms with E-state index in [-0.39, 0.29) is 12.2 Å². The third-order valence-corrected chi connectivity index (χ3v) is 6.52. The molecule has 4 rings (SSSR count). The molecule has 0 saturated heterocycles. The van der Waals surface area contributed by atoms with Crippen LogP contribution in [0.3, 0.4) is 0 Å². The number of aromatic nitrogens is 5. The Morgan fingerprint density at radius 1 is 1.39 bits per heavy atom. The van der Waals surface area contributed by atoms with Gasteiger partial charge in [0.1, 0.15) is 9.88 Å². The number of hydrogen-bond donors (Lipinski definition) is 1. The number of carbonyl (C=O) groups excluding carboxylic acids is 1. The van der Waals surface area contributed by atoms with Crippen LogP contribution in [0.4, 0.5) is 13.2 Å². The van der Waals surface area contributed by atoms with Crippen LogP contribution in [0, 0.1) is 0 Å². The normalized spacial score (nSPS) is 12.3. The van der Waals surface area contributed by atoms with Crippen molar-refractivity contribution in [2.45, 2.75) is 19.1 Å². The number of fused-ring (bicyclic) bond motifs is 1. The predicted octanol–water partition coefficient (Wildman–Crippen LogP) is 3.70. The zero-order chi connectivity index (χ0) is 22.2. The largest absolute Gasteiger partial charge is 0.427 e. The van der Waals surface area contributed by atoms with E-state index < -0.39 is 11.1 Å². The lowest BCUT2D eigenvalue weighted by atomic mass is 10.3. The van der Waals surface area contributed by atoms with E-state index in [1.807, 2.05) is 6.07 Å². The third kappa shape index (κ3) is 4.23. The number of thiazole rings is 2. The fraction of sp³-hybridized carbons (Fsp3) is 0.278. The molecule has 0 saturated carbocycles. The van der Waals surface area contributed by atoms with Crippen molar-refractivity contribution in [2.24, 2.45) is 12.1 Å². The molecule has 0 aromatic carbocycles. The summed E-state index contributed by atoms with van der Waals surface area (Å²) in [5, 5.41) is 13.2. The molecule has 0 spiro atoms. The topological polar surface area (TPSA) is 92.1 Å². The number of aryl methyl sites for hydroxylation is 1. The van der Waals surface area contributed by atoms with E-state index in [1.165, 1.54) is 28.1 Å². The monoisotopic (exact) mass is 467 g/mol. The highest BCUT2D eigenvalue weighted by molar-refractivity contribution is 7.19. The van der Waals surface area contributed by atoms with Gasteiger partial charge in [-0.05, 0) is 6.07 Å². The number of nitrogens with one attached hydrogen (secondary N) is 1. The molecular formula is C18H16F3N7OS2. The number of halogens is 3. The number of hydrogen-bond acceptors (Lipinski definition) is 8. The molecule has 0 aliphatic carbocycles. The van der Waals surface area contributed by atoms with Crippen molar-refractivity contribution in [3.8, 4) is 0 Å². The van der Waals surface area contributed by atoms with Gasteiger partial charge < -0.3 is 4.57 Å². The number of aldehydes is 1. The summed E-state index contributed by atoms with van der Waals surface area (Å²) >= 11 is 1.98. The highest BCUT2D eigenvalue weighted by Gasteiger charge is 2.36. The molecule has 0 fully saturated rings.